The molecule has 0 unspecified atom stereocenters. The van der Waals surface area contributed by atoms with Crippen molar-refractivity contribution < 1.29 is 22.3 Å². The third kappa shape index (κ3) is 3.34. The first kappa shape index (κ1) is 15.8. The molecule has 0 saturated carbocycles. The summed E-state index contributed by atoms with van der Waals surface area (Å²) in [6.07, 6.45) is -3.77. The number of hydrogen-bond acceptors (Lipinski definition) is 2. The lowest BCUT2D eigenvalue weighted by Crippen LogP contribution is -2.09. The highest BCUT2D eigenvalue weighted by Gasteiger charge is 2.34. The van der Waals surface area contributed by atoms with Crippen molar-refractivity contribution in [1.82, 2.24) is 4.98 Å². The molecule has 1 heterocycles. The molecule has 0 aliphatic rings. The van der Waals surface area contributed by atoms with Crippen LogP contribution in [0.15, 0.2) is 28.9 Å². The first-order valence-corrected chi connectivity index (χ1v) is 6.65. The number of aryl methyl sites for hydroxylation is 1. The van der Waals surface area contributed by atoms with Crippen LogP contribution < -0.4 is 4.74 Å². The molecule has 1 aromatic carbocycles. The normalized spacial score (nSPS) is 11.6. The number of nitrogens with zero attached hydrogens (tertiary/aromatic N) is 1. The summed E-state index contributed by atoms with van der Waals surface area (Å²) in [4.78, 5) is 3.68. The molecule has 0 amide bonds. The predicted molar refractivity (Wildman–Crippen MR) is 72.9 cm³/mol. The molecule has 112 valence electrons. The number of rotatable bonds is 2. The van der Waals surface area contributed by atoms with Crippen molar-refractivity contribution in [3.63, 3.8) is 0 Å². The average molecular weight is 364 g/mol. The van der Waals surface area contributed by atoms with Crippen molar-refractivity contribution >= 4 is 15.9 Å². The summed E-state index contributed by atoms with van der Waals surface area (Å²) in [6.45, 7) is 2.95. The minimum atomic E-state index is -4.48. The first-order valence-electron chi connectivity index (χ1n) is 5.86. The van der Waals surface area contributed by atoms with Gasteiger partial charge in [-0.3, -0.25) is 0 Å². The maximum Gasteiger partial charge on any atom is 0.418 e. The Bertz CT molecular complexity index is 685. The first-order chi connectivity index (χ1) is 9.70. The molecule has 0 fully saturated rings. The van der Waals surface area contributed by atoms with Crippen LogP contribution in [0.5, 0.6) is 11.6 Å². The Morgan fingerprint density at radius 1 is 1.19 bits per heavy atom. The fourth-order valence-corrected chi connectivity index (χ4v) is 2.14. The summed E-state index contributed by atoms with van der Waals surface area (Å²) in [5, 5.41) is 0. The van der Waals surface area contributed by atoms with Gasteiger partial charge in [0, 0.05) is 6.20 Å². The van der Waals surface area contributed by atoms with Gasteiger partial charge in [0.05, 0.1) is 10.0 Å². The lowest BCUT2D eigenvalue weighted by atomic mass is 10.1. The molecule has 0 radical (unpaired) electrons. The van der Waals surface area contributed by atoms with Gasteiger partial charge in [-0.05, 0) is 59.1 Å². The van der Waals surface area contributed by atoms with Gasteiger partial charge in [-0.2, -0.15) is 13.2 Å². The van der Waals surface area contributed by atoms with Crippen LogP contribution in [0.2, 0.25) is 0 Å². The maximum atomic E-state index is 13.0. The van der Waals surface area contributed by atoms with E-state index in [0.29, 0.717) is 17.5 Å². The quantitative estimate of drug-likeness (QED) is 0.665. The minimum absolute atomic E-state index is 0.00444. The van der Waals surface area contributed by atoms with Gasteiger partial charge in [0.1, 0.15) is 11.6 Å². The molecule has 0 N–H and O–H groups in total. The summed E-state index contributed by atoms with van der Waals surface area (Å²) in [7, 11) is 0. The lowest BCUT2D eigenvalue weighted by molar-refractivity contribution is -0.138. The Balaban J connectivity index is 2.40. The number of halogens is 5. The predicted octanol–water partition coefficient (Wildman–Crippen LogP) is 5.41. The highest BCUT2D eigenvalue weighted by molar-refractivity contribution is 9.10. The average Bonchev–Trinajstić information content (AvgIpc) is 2.36. The monoisotopic (exact) mass is 363 g/mol. The second-order valence-corrected chi connectivity index (χ2v) is 5.22. The summed E-state index contributed by atoms with van der Waals surface area (Å²) < 4.78 is 56.8. The van der Waals surface area contributed by atoms with E-state index in [0.717, 1.165) is 0 Å². The molecule has 21 heavy (non-hydrogen) atoms. The Morgan fingerprint density at radius 2 is 1.86 bits per heavy atom. The molecular formula is C14H10BrF4NO. The van der Waals surface area contributed by atoms with Crippen LogP contribution in [0.25, 0.3) is 0 Å². The highest BCUT2D eigenvalue weighted by Crippen LogP contribution is 2.38. The molecule has 0 aliphatic carbocycles. The molecule has 0 bridgehead atoms. The number of ether oxygens (including phenoxy) is 1. The Labute approximate surface area is 126 Å². The van der Waals surface area contributed by atoms with Crippen LogP contribution in [0.3, 0.4) is 0 Å². The molecule has 0 saturated heterocycles. The topological polar surface area (TPSA) is 22.1 Å². The summed E-state index contributed by atoms with van der Waals surface area (Å²) in [5.74, 6) is -0.102. The van der Waals surface area contributed by atoms with E-state index >= 15 is 0 Å². The highest BCUT2D eigenvalue weighted by atomic mass is 79.9. The van der Waals surface area contributed by atoms with Crippen molar-refractivity contribution in [3.8, 4) is 11.6 Å². The fourth-order valence-electron chi connectivity index (χ4n) is 1.74. The smallest absolute Gasteiger partial charge is 0.418 e. The third-order valence-electron chi connectivity index (χ3n) is 2.88. The molecular weight excluding hydrogens is 354 g/mol. The second kappa shape index (κ2) is 5.63. The van der Waals surface area contributed by atoms with Crippen molar-refractivity contribution in [2.24, 2.45) is 0 Å². The summed E-state index contributed by atoms with van der Waals surface area (Å²) in [6, 6.07) is 3.86. The van der Waals surface area contributed by atoms with E-state index in [1.54, 1.807) is 6.92 Å². The molecule has 7 heteroatoms. The van der Waals surface area contributed by atoms with Gasteiger partial charge in [0.2, 0.25) is 5.88 Å². The molecule has 0 spiro atoms. The summed E-state index contributed by atoms with van der Waals surface area (Å²) in [5.41, 5.74) is -0.342. The standard InChI is InChI=1S/C14H10BrF4NO/c1-7-5-9(16)3-4-11(7)21-13-12(15)8(2)10(6-20-13)14(17,18)19/h3-6H,1-2H3. The zero-order valence-electron chi connectivity index (χ0n) is 11.1. The van der Waals surface area contributed by atoms with Gasteiger partial charge < -0.3 is 4.74 Å². The Hall–Kier alpha value is -1.63. The van der Waals surface area contributed by atoms with Crippen LogP contribution in [-0.2, 0) is 6.18 Å². The molecule has 1 aromatic heterocycles. The molecule has 2 aromatic rings. The largest absolute Gasteiger partial charge is 0.438 e. The van der Waals surface area contributed by atoms with Gasteiger partial charge >= 0.3 is 6.18 Å². The van der Waals surface area contributed by atoms with E-state index in [1.165, 1.54) is 25.1 Å². The maximum absolute atomic E-state index is 13.0. The van der Waals surface area contributed by atoms with Crippen LogP contribution in [0, 0.1) is 19.7 Å². The van der Waals surface area contributed by atoms with Crippen molar-refractivity contribution in [2.75, 3.05) is 0 Å². The molecule has 2 nitrogen and oxygen atoms in total. The summed E-state index contributed by atoms with van der Waals surface area (Å²) >= 11 is 3.06. The van der Waals surface area contributed by atoms with E-state index in [-0.39, 0.29) is 15.9 Å². The van der Waals surface area contributed by atoms with E-state index in [4.69, 9.17) is 4.74 Å². The van der Waals surface area contributed by atoms with Crippen molar-refractivity contribution in [2.45, 2.75) is 20.0 Å². The van der Waals surface area contributed by atoms with Gasteiger partial charge in [-0.25, -0.2) is 9.37 Å². The minimum Gasteiger partial charge on any atom is -0.438 e. The fraction of sp³-hybridized carbons (Fsp3) is 0.214. The molecule has 0 aliphatic heterocycles. The van der Waals surface area contributed by atoms with Crippen LogP contribution in [-0.4, -0.2) is 4.98 Å². The van der Waals surface area contributed by atoms with E-state index in [1.807, 2.05) is 0 Å². The van der Waals surface area contributed by atoms with Crippen LogP contribution in [0.4, 0.5) is 17.6 Å². The zero-order chi connectivity index (χ0) is 15.8. The molecule has 2 rings (SSSR count). The second-order valence-electron chi connectivity index (χ2n) is 4.43. The molecule has 0 atom stereocenters. The van der Waals surface area contributed by atoms with Gasteiger partial charge in [0.15, 0.2) is 0 Å². The lowest BCUT2D eigenvalue weighted by Gasteiger charge is -2.14. The van der Waals surface area contributed by atoms with Crippen LogP contribution in [0.1, 0.15) is 16.7 Å². The number of benzene rings is 1. The van der Waals surface area contributed by atoms with Gasteiger partial charge in [-0.15, -0.1) is 0 Å². The van der Waals surface area contributed by atoms with E-state index in [2.05, 4.69) is 20.9 Å². The van der Waals surface area contributed by atoms with Gasteiger partial charge in [0.25, 0.3) is 0 Å². The third-order valence-corrected chi connectivity index (χ3v) is 3.81. The number of aromatic nitrogens is 1. The van der Waals surface area contributed by atoms with Crippen molar-refractivity contribution in [1.29, 1.82) is 0 Å². The zero-order valence-corrected chi connectivity index (χ0v) is 12.6. The number of hydrogen-bond donors (Lipinski definition) is 0. The van der Waals surface area contributed by atoms with Crippen molar-refractivity contribution in [3.05, 3.63) is 51.4 Å². The SMILES string of the molecule is Cc1cc(F)ccc1Oc1ncc(C(F)(F)F)c(C)c1Br. The van der Waals surface area contributed by atoms with E-state index in [9.17, 15) is 17.6 Å². The Kier molecular flexibility index (Phi) is 4.22. The van der Waals surface area contributed by atoms with Crippen LogP contribution >= 0.6 is 15.9 Å². The number of pyridine rings is 1. The Morgan fingerprint density at radius 3 is 2.43 bits per heavy atom. The van der Waals surface area contributed by atoms with E-state index < -0.39 is 17.6 Å². The van der Waals surface area contributed by atoms with Gasteiger partial charge in [-0.1, -0.05) is 0 Å². The number of alkyl halides is 3.